The van der Waals surface area contributed by atoms with Gasteiger partial charge in [-0.2, -0.15) is 4.31 Å². The van der Waals surface area contributed by atoms with Gasteiger partial charge in [0, 0.05) is 44.2 Å². The molecule has 8 nitrogen and oxygen atoms in total. The van der Waals surface area contributed by atoms with E-state index >= 15 is 0 Å². The Hall–Kier alpha value is -2.04. The summed E-state index contributed by atoms with van der Waals surface area (Å²) >= 11 is 0. The number of pyridine rings is 1. The molecule has 0 aromatic carbocycles. The summed E-state index contributed by atoms with van der Waals surface area (Å²) in [6, 6.07) is 2.86. The summed E-state index contributed by atoms with van der Waals surface area (Å²) in [5.41, 5.74) is 0.412. The van der Waals surface area contributed by atoms with Crippen LogP contribution in [0.2, 0.25) is 0 Å². The van der Waals surface area contributed by atoms with Crippen LogP contribution in [0.4, 0.5) is 4.39 Å². The zero-order valence-electron chi connectivity index (χ0n) is 15.4. The van der Waals surface area contributed by atoms with Gasteiger partial charge < -0.3 is 15.4 Å². The van der Waals surface area contributed by atoms with Crippen LogP contribution in [-0.4, -0.2) is 64.0 Å². The van der Waals surface area contributed by atoms with Crippen LogP contribution < -0.4 is 15.4 Å². The van der Waals surface area contributed by atoms with Crippen LogP contribution in [0.3, 0.4) is 0 Å². The lowest BCUT2D eigenvalue weighted by atomic mass is 9.97. The highest BCUT2D eigenvalue weighted by atomic mass is 32.2. The molecule has 0 spiro atoms. The number of carbonyl (C=O) groups excluding carboxylic acids is 1. The van der Waals surface area contributed by atoms with E-state index in [4.69, 9.17) is 4.74 Å². The van der Waals surface area contributed by atoms with Crippen molar-refractivity contribution in [3.63, 3.8) is 0 Å². The first-order valence-corrected chi connectivity index (χ1v) is 10.1. The molecule has 1 aliphatic heterocycles. The van der Waals surface area contributed by atoms with Crippen molar-refractivity contribution < 1.29 is 22.3 Å². The minimum atomic E-state index is -3.68. The predicted octanol–water partition coefficient (Wildman–Crippen LogP) is 0.680. The van der Waals surface area contributed by atoms with Crippen molar-refractivity contribution in [2.24, 2.45) is 5.92 Å². The van der Waals surface area contributed by atoms with Gasteiger partial charge in [-0.3, -0.25) is 4.79 Å². The van der Waals surface area contributed by atoms with E-state index in [2.05, 4.69) is 15.6 Å². The SMILES string of the molecule is CNC/C(=C\F)COc1ccc(S(=O)(=O)N2CCC(C(=O)NC)CC2)cn1. The van der Waals surface area contributed by atoms with E-state index < -0.39 is 10.0 Å². The molecule has 0 radical (unpaired) electrons. The molecule has 2 N–H and O–H groups in total. The van der Waals surface area contributed by atoms with Crippen molar-refractivity contribution in [3.05, 3.63) is 30.2 Å². The second kappa shape index (κ2) is 9.77. The number of amides is 1. The number of ether oxygens (including phenoxy) is 1. The fourth-order valence-electron chi connectivity index (χ4n) is 2.83. The van der Waals surface area contributed by atoms with Gasteiger partial charge in [-0.25, -0.2) is 17.8 Å². The first-order chi connectivity index (χ1) is 12.9. The summed E-state index contributed by atoms with van der Waals surface area (Å²) in [6.45, 7) is 0.930. The third-order valence-corrected chi connectivity index (χ3v) is 6.26. The number of aromatic nitrogens is 1. The van der Waals surface area contributed by atoms with Crippen molar-refractivity contribution in [2.45, 2.75) is 17.7 Å². The topological polar surface area (TPSA) is 101 Å². The Labute approximate surface area is 158 Å². The Morgan fingerprint density at radius 3 is 2.59 bits per heavy atom. The van der Waals surface area contributed by atoms with E-state index in [1.165, 1.54) is 22.6 Å². The number of likely N-dealkylation sites (N-methyl/N-ethyl adjacent to an activating group) is 1. The average molecular weight is 400 g/mol. The first kappa shape index (κ1) is 21.3. The van der Waals surface area contributed by atoms with Crippen molar-refractivity contribution in [1.82, 2.24) is 19.9 Å². The van der Waals surface area contributed by atoms with Crippen LogP contribution in [0.5, 0.6) is 5.88 Å². The molecule has 1 aromatic heterocycles. The molecule has 0 atom stereocenters. The summed E-state index contributed by atoms with van der Waals surface area (Å²) < 4.78 is 44.8. The molecule has 10 heteroatoms. The quantitative estimate of drug-likeness (QED) is 0.666. The number of hydrogen-bond acceptors (Lipinski definition) is 6. The number of carbonyl (C=O) groups is 1. The Balaban J connectivity index is 1.98. The third kappa shape index (κ3) is 5.47. The van der Waals surface area contributed by atoms with Gasteiger partial charge in [0.15, 0.2) is 0 Å². The van der Waals surface area contributed by atoms with Crippen LogP contribution in [0.1, 0.15) is 12.8 Å². The number of halogens is 1. The number of piperidine rings is 1. The van der Waals surface area contributed by atoms with Crippen LogP contribution in [0.25, 0.3) is 0 Å². The van der Waals surface area contributed by atoms with Gasteiger partial charge in [0.25, 0.3) is 0 Å². The van der Waals surface area contributed by atoms with Gasteiger partial charge in [0.05, 0.1) is 12.5 Å². The molecule has 2 rings (SSSR count). The molecule has 1 aromatic rings. The van der Waals surface area contributed by atoms with Gasteiger partial charge in [-0.1, -0.05) is 0 Å². The maximum atomic E-state index is 12.7. The molecule has 1 saturated heterocycles. The molecule has 0 saturated carbocycles. The van der Waals surface area contributed by atoms with Crippen LogP contribution in [0, 0.1) is 5.92 Å². The van der Waals surface area contributed by atoms with Gasteiger partial charge in [0.2, 0.25) is 21.8 Å². The van der Waals surface area contributed by atoms with Crippen LogP contribution in [-0.2, 0) is 14.8 Å². The summed E-state index contributed by atoms with van der Waals surface area (Å²) in [7, 11) is -0.408. The second-order valence-electron chi connectivity index (χ2n) is 6.21. The van der Waals surface area contributed by atoms with Gasteiger partial charge in [-0.15, -0.1) is 0 Å². The van der Waals surface area contributed by atoms with E-state index in [-0.39, 0.29) is 42.3 Å². The number of nitrogens with zero attached hydrogens (tertiary/aromatic N) is 2. The van der Waals surface area contributed by atoms with Crippen molar-refractivity contribution in [2.75, 3.05) is 40.3 Å². The van der Waals surface area contributed by atoms with E-state index in [0.29, 0.717) is 31.3 Å². The summed E-state index contributed by atoms with van der Waals surface area (Å²) in [5, 5.41) is 5.41. The molecule has 27 heavy (non-hydrogen) atoms. The van der Waals surface area contributed by atoms with Gasteiger partial charge >= 0.3 is 0 Å². The molecular weight excluding hydrogens is 375 g/mol. The summed E-state index contributed by atoms with van der Waals surface area (Å²) in [4.78, 5) is 15.7. The number of hydrogen-bond donors (Lipinski definition) is 2. The Bertz CT molecular complexity index is 760. The van der Waals surface area contributed by atoms with Gasteiger partial charge in [0.1, 0.15) is 11.5 Å². The zero-order chi connectivity index (χ0) is 19.9. The van der Waals surface area contributed by atoms with E-state index in [1.54, 1.807) is 14.1 Å². The van der Waals surface area contributed by atoms with Crippen molar-refractivity contribution in [3.8, 4) is 5.88 Å². The van der Waals surface area contributed by atoms with E-state index in [9.17, 15) is 17.6 Å². The fraction of sp³-hybridized carbons (Fsp3) is 0.529. The average Bonchev–Trinajstić information content (AvgIpc) is 2.70. The summed E-state index contributed by atoms with van der Waals surface area (Å²) in [6.07, 6.45) is 2.67. The normalized spacial score (nSPS) is 16.9. The lowest BCUT2D eigenvalue weighted by Gasteiger charge is -2.30. The summed E-state index contributed by atoms with van der Waals surface area (Å²) in [5.74, 6) is -0.0105. The highest BCUT2D eigenvalue weighted by Gasteiger charge is 2.31. The predicted molar refractivity (Wildman–Crippen MR) is 98.4 cm³/mol. The molecule has 150 valence electrons. The Morgan fingerprint density at radius 1 is 1.37 bits per heavy atom. The smallest absolute Gasteiger partial charge is 0.244 e. The molecule has 1 amide bonds. The number of nitrogens with one attached hydrogen (secondary N) is 2. The lowest BCUT2D eigenvalue weighted by molar-refractivity contribution is -0.125. The molecule has 0 bridgehead atoms. The monoisotopic (exact) mass is 400 g/mol. The highest BCUT2D eigenvalue weighted by molar-refractivity contribution is 7.89. The second-order valence-corrected chi connectivity index (χ2v) is 8.15. The fourth-order valence-corrected chi connectivity index (χ4v) is 4.25. The highest BCUT2D eigenvalue weighted by Crippen LogP contribution is 2.24. The van der Waals surface area contributed by atoms with Gasteiger partial charge in [-0.05, 0) is 26.0 Å². The molecule has 0 unspecified atom stereocenters. The van der Waals surface area contributed by atoms with Crippen molar-refractivity contribution in [1.29, 1.82) is 0 Å². The number of sulfonamides is 1. The minimum absolute atomic E-state index is 0.0173. The minimum Gasteiger partial charge on any atom is -0.473 e. The van der Waals surface area contributed by atoms with Crippen LogP contribution >= 0.6 is 0 Å². The maximum absolute atomic E-state index is 12.7. The zero-order valence-corrected chi connectivity index (χ0v) is 16.3. The standard InChI is InChI=1S/C17H25FN4O4S/c1-19-10-13(9-18)12-26-16-4-3-15(11-21-16)27(24,25)22-7-5-14(6-8-22)17(23)20-2/h3-4,9,11,14,19H,5-8,10,12H2,1-2H3,(H,20,23)/b13-9+. The van der Waals surface area contributed by atoms with Crippen molar-refractivity contribution >= 4 is 15.9 Å². The lowest BCUT2D eigenvalue weighted by Crippen LogP contribution is -2.42. The molecule has 1 fully saturated rings. The Morgan fingerprint density at radius 2 is 2.07 bits per heavy atom. The Kier molecular flexibility index (Phi) is 7.69. The third-order valence-electron chi connectivity index (χ3n) is 4.38. The number of rotatable bonds is 8. The van der Waals surface area contributed by atoms with E-state index in [1.807, 2.05) is 0 Å². The first-order valence-electron chi connectivity index (χ1n) is 8.65. The molecular formula is C17H25FN4O4S. The molecule has 1 aliphatic rings. The maximum Gasteiger partial charge on any atom is 0.244 e. The van der Waals surface area contributed by atoms with Crippen LogP contribution in [0.15, 0.2) is 35.1 Å². The molecule has 0 aliphatic carbocycles. The molecule has 2 heterocycles. The van der Waals surface area contributed by atoms with E-state index in [0.717, 1.165) is 0 Å². The largest absolute Gasteiger partial charge is 0.473 e.